The molecule has 1 fully saturated rings. The summed E-state index contributed by atoms with van der Waals surface area (Å²) in [5, 5.41) is 2.13. The van der Waals surface area contributed by atoms with E-state index >= 15 is 0 Å². The Morgan fingerprint density at radius 3 is 2.75 bits per heavy atom. The largest absolute Gasteiger partial charge is 0.368 e. The Hall–Kier alpha value is -0.380. The van der Waals surface area contributed by atoms with Gasteiger partial charge in [0.05, 0.1) is 6.10 Å². The molecule has 90 valence electrons. The number of hydrogen-bond donors (Lipinski definition) is 1. The zero-order valence-electron chi connectivity index (χ0n) is 10.1. The molecule has 2 nitrogen and oxygen atoms in total. The summed E-state index contributed by atoms with van der Waals surface area (Å²) in [5.41, 5.74) is 7.50. The van der Waals surface area contributed by atoms with Crippen LogP contribution in [0.2, 0.25) is 0 Å². The molecule has 2 rings (SSSR count). The van der Waals surface area contributed by atoms with E-state index in [4.69, 9.17) is 10.5 Å². The molecule has 1 heterocycles. The average molecular weight is 239 g/mol. The SMILES string of the molecule is CCC(N)C(OC1CCC1)c1sccc1C. The number of aryl methyl sites for hydroxylation is 1. The summed E-state index contributed by atoms with van der Waals surface area (Å²) in [6, 6.07) is 2.28. The van der Waals surface area contributed by atoms with Crippen LogP contribution in [-0.4, -0.2) is 12.1 Å². The Balaban J connectivity index is 2.10. The van der Waals surface area contributed by atoms with Crippen molar-refractivity contribution < 1.29 is 4.74 Å². The van der Waals surface area contributed by atoms with E-state index in [0.717, 1.165) is 6.42 Å². The Bertz CT molecular complexity index is 332. The van der Waals surface area contributed by atoms with Gasteiger partial charge < -0.3 is 10.5 Å². The van der Waals surface area contributed by atoms with Crippen LogP contribution < -0.4 is 5.73 Å². The van der Waals surface area contributed by atoms with Crippen LogP contribution in [0.5, 0.6) is 0 Å². The molecule has 0 spiro atoms. The second-order valence-electron chi connectivity index (χ2n) is 4.65. The van der Waals surface area contributed by atoms with Crippen molar-refractivity contribution in [2.24, 2.45) is 5.73 Å². The molecule has 0 radical (unpaired) electrons. The number of nitrogens with two attached hydrogens (primary N) is 1. The van der Waals surface area contributed by atoms with Gasteiger partial charge >= 0.3 is 0 Å². The standard InChI is InChI=1S/C13H21NOS/c1-3-11(14)12(15-10-5-4-6-10)13-9(2)7-8-16-13/h7-8,10-12H,3-6,14H2,1-2H3. The van der Waals surface area contributed by atoms with Gasteiger partial charge in [0.1, 0.15) is 6.10 Å². The minimum Gasteiger partial charge on any atom is -0.368 e. The van der Waals surface area contributed by atoms with Gasteiger partial charge in [-0.25, -0.2) is 0 Å². The molecule has 1 aliphatic rings. The van der Waals surface area contributed by atoms with E-state index in [1.54, 1.807) is 11.3 Å². The van der Waals surface area contributed by atoms with Gasteiger partial charge in [-0.15, -0.1) is 11.3 Å². The van der Waals surface area contributed by atoms with Crippen molar-refractivity contribution in [2.45, 2.75) is 57.8 Å². The Kier molecular flexibility index (Phi) is 4.00. The van der Waals surface area contributed by atoms with E-state index in [1.807, 2.05) is 0 Å². The average Bonchev–Trinajstić information content (AvgIpc) is 2.62. The first-order valence-electron chi connectivity index (χ1n) is 6.17. The fourth-order valence-corrected chi connectivity index (χ4v) is 3.00. The van der Waals surface area contributed by atoms with Crippen molar-refractivity contribution in [2.75, 3.05) is 0 Å². The van der Waals surface area contributed by atoms with Gasteiger partial charge in [0.25, 0.3) is 0 Å². The lowest BCUT2D eigenvalue weighted by Crippen LogP contribution is -2.34. The highest BCUT2D eigenvalue weighted by atomic mass is 32.1. The van der Waals surface area contributed by atoms with E-state index in [0.29, 0.717) is 6.10 Å². The monoisotopic (exact) mass is 239 g/mol. The highest BCUT2D eigenvalue weighted by molar-refractivity contribution is 7.10. The van der Waals surface area contributed by atoms with E-state index < -0.39 is 0 Å². The highest BCUT2D eigenvalue weighted by Crippen LogP contribution is 2.34. The van der Waals surface area contributed by atoms with Crippen molar-refractivity contribution >= 4 is 11.3 Å². The van der Waals surface area contributed by atoms with E-state index in [-0.39, 0.29) is 12.1 Å². The highest BCUT2D eigenvalue weighted by Gasteiger charge is 2.28. The van der Waals surface area contributed by atoms with E-state index in [1.165, 1.54) is 29.7 Å². The second-order valence-corrected chi connectivity index (χ2v) is 5.60. The Morgan fingerprint density at radius 2 is 2.31 bits per heavy atom. The molecule has 0 aliphatic heterocycles. The van der Waals surface area contributed by atoms with Crippen LogP contribution >= 0.6 is 11.3 Å². The lowest BCUT2D eigenvalue weighted by molar-refractivity contribution is -0.0624. The van der Waals surface area contributed by atoms with Crippen LogP contribution in [0.25, 0.3) is 0 Å². The van der Waals surface area contributed by atoms with E-state index in [9.17, 15) is 0 Å². The first kappa shape index (κ1) is 12.1. The number of rotatable bonds is 5. The maximum atomic E-state index is 6.19. The predicted molar refractivity (Wildman–Crippen MR) is 68.8 cm³/mol. The minimum absolute atomic E-state index is 0.107. The first-order chi connectivity index (χ1) is 7.72. The lowest BCUT2D eigenvalue weighted by atomic mass is 9.95. The number of hydrogen-bond acceptors (Lipinski definition) is 3. The first-order valence-corrected chi connectivity index (χ1v) is 7.05. The third-order valence-corrected chi connectivity index (χ3v) is 4.49. The van der Waals surface area contributed by atoms with Gasteiger partial charge in [0.2, 0.25) is 0 Å². The molecule has 16 heavy (non-hydrogen) atoms. The molecule has 1 aliphatic carbocycles. The summed E-state index contributed by atoms with van der Waals surface area (Å²) >= 11 is 1.77. The molecule has 0 bridgehead atoms. The molecule has 0 amide bonds. The molecular formula is C13H21NOS. The smallest absolute Gasteiger partial charge is 0.107 e. The third-order valence-electron chi connectivity index (χ3n) is 3.41. The van der Waals surface area contributed by atoms with Gasteiger partial charge in [-0.1, -0.05) is 6.92 Å². The van der Waals surface area contributed by atoms with Crippen molar-refractivity contribution in [3.05, 3.63) is 21.9 Å². The topological polar surface area (TPSA) is 35.2 Å². The van der Waals surface area contributed by atoms with Crippen molar-refractivity contribution in [3.8, 4) is 0 Å². The van der Waals surface area contributed by atoms with E-state index in [2.05, 4.69) is 25.3 Å². The normalized spacial score (nSPS) is 20.4. The van der Waals surface area contributed by atoms with Crippen LogP contribution in [0.1, 0.15) is 49.2 Å². The predicted octanol–water partition coefficient (Wildman–Crippen LogP) is 3.40. The molecule has 1 aromatic heterocycles. The van der Waals surface area contributed by atoms with Crippen LogP contribution in [-0.2, 0) is 4.74 Å². The summed E-state index contributed by atoms with van der Waals surface area (Å²) in [5.74, 6) is 0. The molecular weight excluding hydrogens is 218 g/mol. The molecule has 2 N–H and O–H groups in total. The number of ether oxygens (including phenoxy) is 1. The summed E-state index contributed by atoms with van der Waals surface area (Å²) in [7, 11) is 0. The summed E-state index contributed by atoms with van der Waals surface area (Å²) in [6.07, 6.45) is 5.24. The fraction of sp³-hybridized carbons (Fsp3) is 0.692. The zero-order valence-corrected chi connectivity index (χ0v) is 10.9. The molecule has 0 saturated heterocycles. The van der Waals surface area contributed by atoms with Crippen molar-refractivity contribution in [1.82, 2.24) is 0 Å². The van der Waals surface area contributed by atoms with Gasteiger partial charge in [-0.3, -0.25) is 0 Å². The Labute approximate surface area is 102 Å². The molecule has 1 saturated carbocycles. The summed E-state index contributed by atoms with van der Waals surface area (Å²) < 4.78 is 6.15. The maximum Gasteiger partial charge on any atom is 0.107 e. The van der Waals surface area contributed by atoms with Crippen LogP contribution in [0.3, 0.4) is 0 Å². The van der Waals surface area contributed by atoms with Crippen LogP contribution in [0.15, 0.2) is 11.4 Å². The second kappa shape index (κ2) is 5.30. The molecule has 1 aromatic rings. The third kappa shape index (κ3) is 2.47. The molecule has 2 atom stereocenters. The maximum absolute atomic E-state index is 6.19. The van der Waals surface area contributed by atoms with Gasteiger partial charge in [-0.05, 0) is 49.6 Å². The quantitative estimate of drug-likeness (QED) is 0.854. The van der Waals surface area contributed by atoms with Gasteiger partial charge in [0.15, 0.2) is 0 Å². The lowest BCUT2D eigenvalue weighted by Gasteiger charge is -2.33. The summed E-state index contributed by atoms with van der Waals surface area (Å²) in [6.45, 7) is 4.27. The van der Waals surface area contributed by atoms with Crippen molar-refractivity contribution in [1.29, 1.82) is 0 Å². The molecule has 0 aromatic carbocycles. The van der Waals surface area contributed by atoms with Crippen LogP contribution in [0.4, 0.5) is 0 Å². The Morgan fingerprint density at radius 1 is 1.56 bits per heavy atom. The van der Waals surface area contributed by atoms with Gasteiger partial charge in [-0.2, -0.15) is 0 Å². The zero-order chi connectivity index (χ0) is 11.5. The number of thiophene rings is 1. The minimum atomic E-state index is 0.107. The molecule has 2 unspecified atom stereocenters. The van der Waals surface area contributed by atoms with Crippen LogP contribution in [0, 0.1) is 6.92 Å². The fourth-order valence-electron chi connectivity index (χ4n) is 1.96. The summed E-state index contributed by atoms with van der Waals surface area (Å²) in [4.78, 5) is 1.32. The molecule has 3 heteroatoms. The van der Waals surface area contributed by atoms with Gasteiger partial charge in [0, 0.05) is 10.9 Å². The van der Waals surface area contributed by atoms with Crippen molar-refractivity contribution in [3.63, 3.8) is 0 Å².